The maximum atomic E-state index is 11.7. The largest absolute Gasteiger partial charge is 0.461 e. The monoisotopic (exact) mass is 444 g/mol. The lowest BCUT2D eigenvalue weighted by Crippen LogP contribution is -2.21. The number of unbranched alkanes of at least 4 members (excludes halogenated alkanes) is 2. The maximum absolute atomic E-state index is 11.7. The molecule has 0 spiro atoms. The molecule has 30 heavy (non-hydrogen) atoms. The van der Waals surface area contributed by atoms with E-state index in [2.05, 4.69) is 0 Å². The van der Waals surface area contributed by atoms with Crippen molar-refractivity contribution < 1.29 is 41.6 Å². The summed E-state index contributed by atoms with van der Waals surface area (Å²) in [5.41, 5.74) is 0.899. The molecule has 0 fully saturated rings. The Kier molecular flexibility index (Phi) is 11.7. The molecule has 0 bridgehead atoms. The van der Waals surface area contributed by atoms with Crippen LogP contribution in [0.5, 0.6) is 0 Å². The summed E-state index contributed by atoms with van der Waals surface area (Å²) < 4.78 is 44.7. The number of hydrogen-bond acceptors (Lipinski definition) is 8. The molecule has 0 radical (unpaired) electrons. The second-order valence-corrected chi connectivity index (χ2v) is 8.22. The van der Waals surface area contributed by atoms with E-state index in [0.717, 1.165) is 5.56 Å². The molecule has 1 rings (SSSR count). The molecule has 0 heterocycles. The Balaban J connectivity index is 2.08. The van der Waals surface area contributed by atoms with Crippen LogP contribution in [0.25, 0.3) is 0 Å². The molecule has 0 aliphatic rings. The van der Waals surface area contributed by atoms with Gasteiger partial charge >= 0.3 is 17.9 Å². The lowest BCUT2D eigenvalue weighted by Gasteiger charge is -2.14. The van der Waals surface area contributed by atoms with Crippen LogP contribution in [-0.4, -0.2) is 42.9 Å². The molecule has 1 aromatic carbocycles. The molecular formula is C20H28O9S. The van der Waals surface area contributed by atoms with Crippen LogP contribution in [0.2, 0.25) is 0 Å². The van der Waals surface area contributed by atoms with Crippen LogP contribution in [-0.2, 0) is 45.3 Å². The first-order valence-corrected chi connectivity index (χ1v) is 11.3. The van der Waals surface area contributed by atoms with Gasteiger partial charge in [-0.2, -0.15) is 8.42 Å². The van der Waals surface area contributed by atoms with Crippen LogP contribution in [0.4, 0.5) is 0 Å². The Hall–Kier alpha value is -2.46. The fraction of sp³-hybridized carbons (Fsp3) is 0.550. The second kappa shape index (κ2) is 13.7. The van der Waals surface area contributed by atoms with Crippen LogP contribution in [0.1, 0.15) is 57.4 Å². The number of ether oxygens (including phenoxy) is 3. The Morgan fingerprint density at radius 1 is 0.867 bits per heavy atom. The number of carbonyl (C=O) groups excluding carboxylic acids is 3. The van der Waals surface area contributed by atoms with Gasteiger partial charge in [-0.1, -0.05) is 30.3 Å². The standard InChI is InChI=1S/C20H28O9S/c1-16(29-20(23)13-7-8-14-30(24,25)26)28-19(22)12-6-5-11-18(21)27-15-17-9-3-2-4-10-17/h2-4,9-10,16H,5-8,11-15H2,1H3,(H,24,25,26). The van der Waals surface area contributed by atoms with Crippen LogP contribution >= 0.6 is 0 Å². The van der Waals surface area contributed by atoms with Gasteiger partial charge in [0.1, 0.15) is 6.61 Å². The van der Waals surface area contributed by atoms with Crippen LogP contribution in [0.3, 0.4) is 0 Å². The van der Waals surface area contributed by atoms with Crippen molar-refractivity contribution in [1.29, 1.82) is 0 Å². The van der Waals surface area contributed by atoms with E-state index in [1.54, 1.807) is 0 Å². The van der Waals surface area contributed by atoms with Gasteiger partial charge in [0.25, 0.3) is 10.1 Å². The average Bonchev–Trinajstić information content (AvgIpc) is 2.67. The summed E-state index contributed by atoms with van der Waals surface area (Å²) in [4.78, 5) is 35.0. The van der Waals surface area contributed by atoms with Gasteiger partial charge in [0, 0.05) is 26.2 Å². The average molecular weight is 445 g/mol. The molecule has 9 nitrogen and oxygen atoms in total. The third kappa shape index (κ3) is 13.7. The van der Waals surface area contributed by atoms with Crippen LogP contribution in [0.15, 0.2) is 30.3 Å². The molecular weight excluding hydrogens is 416 g/mol. The fourth-order valence-electron chi connectivity index (χ4n) is 2.41. The summed E-state index contributed by atoms with van der Waals surface area (Å²) in [7, 11) is -4.04. The fourth-order valence-corrected chi connectivity index (χ4v) is 2.98. The molecule has 168 valence electrons. The SMILES string of the molecule is CC(OC(=O)CCCCC(=O)OCc1ccccc1)OC(=O)CCCCS(=O)(=O)O. The van der Waals surface area contributed by atoms with Crippen LogP contribution < -0.4 is 0 Å². The molecule has 1 atom stereocenters. The number of benzene rings is 1. The van der Waals surface area contributed by atoms with Gasteiger partial charge in [-0.25, -0.2) is 0 Å². The normalized spacial score (nSPS) is 12.1. The Bertz CT molecular complexity index is 775. The van der Waals surface area contributed by atoms with E-state index in [4.69, 9.17) is 18.8 Å². The topological polar surface area (TPSA) is 133 Å². The molecule has 0 aromatic heterocycles. The van der Waals surface area contributed by atoms with Crippen molar-refractivity contribution in [3.8, 4) is 0 Å². The van der Waals surface area contributed by atoms with Crippen molar-refractivity contribution in [3.63, 3.8) is 0 Å². The highest BCUT2D eigenvalue weighted by atomic mass is 32.2. The van der Waals surface area contributed by atoms with Crippen molar-refractivity contribution in [2.45, 2.75) is 64.8 Å². The number of carbonyl (C=O) groups is 3. The third-order valence-corrected chi connectivity index (χ3v) is 4.69. The van der Waals surface area contributed by atoms with E-state index < -0.39 is 34.1 Å². The Labute approximate surface area is 176 Å². The molecule has 1 N–H and O–H groups in total. The van der Waals surface area contributed by atoms with Gasteiger partial charge < -0.3 is 14.2 Å². The predicted molar refractivity (Wildman–Crippen MR) is 107 cm³/mol. The lowest BCUT2D eigenvalue weighted by atomic mass is 10.2. The minimum Gasteiger partial charge on any atom is -0.461 e. The van der Waals surface area contributed by atoms with Crippen molar-refractivity contribution in [2.24, 2.45) is 0 Å². The van der Waals surface area contributed by atoms with Gasteiger partial charge in [0.2, 0.25) is 6.29 Å². The van der Waals surface area contributed by atoms with Gasteiger partial charge in [-0.3, -0.25) is 18.9 Å². The summed E-state index contributed by atoms with van der Waals surface area (Å²) in [5.74, 6) is -1.96. The maximum Gasteiger partial charge on any atom is 0.308 e. The highest BCUT2D eigenvalue weighted by molar-refractivity contribution is 7.85. The highest BCUT2D eigenvalue weighted by Crippen LogP contribution is 2.08. The van der Waals surface area contributed by atoms with Crippen molar-refractivity contribution >= 4 is 28.0 Å². The summed E-state index contributed by atoms with van der Waals surface area (Å²) >= 11 is 0. The van der Waals surface area contributed by atoms with E-state index in [9.17, 15) is 22.8 Å². The molecule has 0 saturated heterocycles. The zero-order chi connectivity index (χ0) is 22.4. The first kappa shape index (κ1) is 25.6. The lowest BCUT2D eigenvalue weighted by molar-refractivity contribution is -0.184. The zero-order valence-electron chi connectivity index (χ0n) is 16.9. The highest BCUT2D eigenvalue weighted by Gasteiger charge is 2.15. The van der Waals surface area contributed by atoms with Gasteiger partial charge in [-0.15, -0.1) is 0 Å². The molecule has 10 heteroatoms. The Morgan fingerprint density at radius 3 is 1.90 bits per heavy atom. The molecule has 1 unspecified atom stereocenters. The molecule has 0 aliphatic carbocycles. The van der Waals surface area contributed by atoms with E-state index in [1.807, 2.05) is 30.3 Å². The minimum absolute atomic E-state index is 0.0531. The zero-order valence-corrected chi connectivity index (χ0v) is 17.8. The first-order valence-electron chi connectivity index (χ1n) is 9.69. The van der Waals surface area contributed by atoms with E-state index in [0.29, 0.717) is 12.8 Å². The van der Waals surface area contributed by atoms with Crippen molar-refractivity contribution in [1.82, 2.24) is 0 Å². The summed E-state index contributed by atoms with van der Waals surface area (Å²) in [6.45, 7) is 1.61. The molecule has 1 aromatic rings. The van der Waals surface area contributed by atoms with Gasteiger partial charge in [0.05, 0.1) is 5.75 Å². The van der Waals surface area contributed by atoms with Crippen LogP contribution in [0, 0.1) is 0 Å². The summed E-state index contributed by atoms with van der Waals surface area (Å²) in [6.07, 6.45) is 0.372. The van der Waals surface area contributed by atoms with Gasteiger partial charge in [-0.05, 0) is 31.2 Å². The van der Waals surface area contributed by atoms with Crippen molar-refractivity contribution in [2.75, 3.05) is 5.75 Å². The van der Waals surface area contributed by atoms with E-state index >= 15 is 0 Å². The Morgan fingerprint density at radius 2 is 1.37 bits per heavy atom. The smallest absolute Gasteiger partial charge is 0.308 e. The molecule has 0 amide bonds. The van der Waals surface area contributed by atoms with Gasteiger partial charge in [0.15, 0.2) is 0 Å². The second-order valence-electron chi connectivity index (χ2n) is 6.64. The minimum atomic E-state index is -4.04. The van der Waals surface area contributed by atoms with E-state index in [-0.39, 0.29) is 44.7 Å². The van der Waals surface area contributed by atoms with Crippen molar-refractivity contribution in [3.05, 3.63) is 35.9 Å². The quantitative estimate of drug-likeness (QED) is 0.199. The number of hydrogen-bond donors (Lipinski definition) is 1. The third-order valence-electron chi connectivity index (χ3n) is 3.88. The molecule has 0 saturated carbocycles. The molecule has 0 aliphatic heterocycles. The van der Waals surface area contributed by atoms with E-state index in [1.165, 1.54) is 6.92 Å². The summed E-state index contributed by atoms with van der Waals surface area (Å²) in [5, 5.41) is 0. The number of esters is 3. The predicted octanol–water partition coefficient (Wildman–Crippen LogP) is 2.78. The number of rotatable bonds is 14. The first-order chi connectivity index (χ1) is 14.2. The summed E-state index contributed by atoms with van der Waals surface area (Å²) in [6, 6.07) is 9.31.